The van der Waals surface area contributed by atoms with Crippen LogP contribution in [0.15, 0.2) is 41.3 Å². The molecule has 2 aromatic heterocycles. The summed E-state index contributed by atoms with van der Waals surface area (Å²) in [6, 6.07) is 8.34. The maximum absolute atomic E-state index is 12.4. The summed E-state index contributed by atoms with van der Waals surface area (Å²) in [6.45, 7) is 0. The maximum Gasteiger partial charge on any atom is 0.280 e. The molecule has 1 N–H and O–H groups in total. The predicted octanol–water partition coefficient (Wildman–Crippen LogP) is 0.974. The Kier molecular flexibility index (Phi) is 2.83. The lowest BCUT2D eigenvalue weighted by Crippen LogP contribution is -2.34. The lowest BCUT2D eigenvalue weighted by Gasteiger charge is -2.20. The molecule has 6 heteroatoms. The van der Waals surface area contributed by atoms with Crippen molar-refractivity contribution >= 4 is 11.7 Å². The molecule has 1 fully saturated rings. The summed E-state index contributed by atoms with van der Waals surface area (Å²) in [5.74, 6) is 0.375. The average Bonchev–Trinajstić information content (AvgIpc) is 3.25. The number of pyridine rings is 1. The molecule has 0 unspecified atom stereocenters. The molecule has 0 aliphatic heterocycles. The fraction of sp³-hybridized carbons (Fsp3) is 0.231. The van der Waals surface area contributed by atoms with Crippen LogP contribution in [0.2, 0.25) is 0 Å². The minimum absolute atomic E-state index is 0.177. The minimum Gasteiger partial charge on any atom is -0.288 e. The van der Waals surface area contributed by atoms with Gasteiger partial charge in [-0.15, -0.1) is 0 Å². The molecule has 2 heterocycles. The Hall–Kier alpha value is -2.50. The smallest absolute Gasteiger partial charge is 0.280 e. The van der Waals surface area contributed by atoms with Crippen molar-refractivity contribution in [2.24, 2.45) is 0 Å². The molecule has 19 heavy (non-hydrogen) atoms. The molecule has 0 saturated heterocycles. The highest BCUT2D eigenvalue weighted by atomic mass is 16.2. The molecular formula is C13H12N4O2. The third-order valence-electron chi connectivity index (χ3n) is 2.93. The number of nitrogens with zero attached hydrogens (tertiary/aromatic N) is 3. The number of aromatic nitrogens is 3. The summed E-state index contributed by atoms with van der Waals surface area (Å²) in [7, 11) is 0. The highest BCUT2D eigenvalue weighted by molar-refractivity contribution is 6.04. The van der Waals surface area contributed by atoms with Crippen LogP contribution >= 0.6 is 0 Å². The van der Waals surface area contributed by atoms with Crippen molar-refractivity contribution in [2.45, 2.75) is 18.9 Å². The van der Waals surface area contributed by atoms with E-state index < -0.39 is 0 Å². The van der Waals surface area contributed by atoms with E-state index in [2.05, 4.69) is 15.2 Å². The number of aromatic amines is 1. The molecule has 1 aliphatic rings. The van der Waals surface area contributed by atoms with E-state index >= 15 is 0 Å². The summed E-state index contributed by atoms with van der Waals surface area (Å²) in [5, 5.41) is 6.05. The molecule has 1 saturated carbocycles. The van der Waals surface area contributed by atoms with Gasteiger partial charge in [0.15, 0.2) is 0 Å². The van der Waals surface area contributed by atoms with Gasteiger partial charge < -0.3 is 0 Å². The van der Waals surface area contributed by atoms with Gasteiger partial charge in [-0.25, -0.2) is 10.1 Å². The Labute approximate surface area is 109 Å². The Morgan fingerprint density at radius 3 is 2.68 bits per heavy atom. The van der Waals surface area contributed by atoms with E-state index in [0.29, 0.717) is 5.82 Å². The van der Waals surface area contributed by atoms with Gasteiger partial charge in [0, 0.05) is 18.3 Å². The molecule has 0 aromatic carbocycles. The van der Waals surface area contributed by atoms with E-state index in [1.807, 2.05) is 6.07 Å². The van der Waals surface area contributed by atoms with Crippen molar-refractivity contribution in [3.05, 3.63) is 52.6 Å². The number of nitrogens with one attached hydrogen (secondary N) is 1. The molecule has 6 nitrogen and oxygen atoms in total. The van der Waals surface area contributed by atoms with Crippen molar-refractivity contribution in [1.29, 1.82) is 0 Å². The third kappa shape index (κ3) is 2.37. The number of hydrogen-bond acceptors (Lipinski definition) is 4. The Balaban J connectivity index is 1.95. The van der Waals surface area contributed by atoms with E-state index in [-0.39, 0.29) is 23.2 Å². The van der Waals surface area contributed by atoms with Crippen molar-refractivity contribution in [3.8, 4) is 0 Å². The minimum atomic E-state index is -0.327. The standard InChI is InChI=1S/C13H12N4O2/c18-12-7-6-10(15-16-12)13(19)17(9-4-5-9)11-3-1-2-8-14-11/h1-3,6-9H,4-5H2,(H,16,18). The summed E-state index contributed by atoms with van der Waals surface area (Å²) in [5.41, 5.74) is -0.107. The van der Waals surface area contributed by atoms with E-state index in [4.69, 9.17) is 0 Å². The van der Waals surface area contributed by atoms with Gasteiger partial charge in [0.1, 0.15) is 11.5 Å². The zero-order valence-corrected chi connectivity index (χ0v) is 10.1. The van der Waals surface area contributed by atoms with E-state index in [1.165, 1.54) is 12.1 Å². The molecule has 0 bridgehead atoms. The summed E-state index contributed by atoms with van der Waals surface area (Å²) in [4.78, 5) is 29.3. The molecule has 1 aliphatic carbocycles. The van der Waals surface area contributed by atoms with Crippen molar-refractivity contribution in [2.75, 3.05) is 4.90 Å². The van der Waals surface area contributed by atoms with Crippen LogP contribution in [0.1, 0.15) is 23.3 Å². The SMILES string of the molecule is O=C(c1ccc(=O)[nH]n1)N(c1ccccn1)C1CC1. The first-order valence-corrected chi connectivity index (χ1v) is 6.06. The lowest BCUT2D eigenvalue weighted by molar-refractivity contribution is 0.0978. The molecule has 1 amide bonds. The Bertz CT molecular complexity index is 629. The van der Waals surface area contributed by atoms with E-state index in [1.54, 1.807) is 23.2 Å². The first kappa shape index (κ1) is 11.6. The zero-order chi connectivity index (χ0) is 13.2. The van der Waals surface area contributed by atoms with Crippen molar-refractivity contribution in [1.82, 2.24) is 15.2 Å². The van der Waals surface area contributed by atoms with E-state index in [9.17, 15) is 9.59 Å². The van der Waals surface area contributed by atoms with Crippen LogP contribution in [-0.4, -0.2) is 27.1 Å². The number of H-pyrrole nitrogens is 1. The maximum atomic E-state index is 12.4. The van der Waals surface area contributed by atoms with Gasteiger partial charge in [-0.2, -0.15) is 5.10 Å². The van der Waals surface area contributed by atoms with Crippen molar-refractivity contribution in [3.63, 3.8) is 0 Å². The first-order valence-electron chi connectivity index (χ1n) is 6.06. The zero-order valence-electron chi connectivity index (χ0n) is 10.1. The van der Waals surface area contributed by atoms with Gasteiger partial charge in [0.2, 0.25) is 0 Å². The second-order valence-corrected chi connectivity index (χ2v) is 4.40. The highest BCUT2D eigenvalue weighted by Crippen LogP contribution is 2.31. The molecular weight excluding hydrogens is 244 g/mol. The summed E-state index contributed by atoms with van der Waals surface area (Å²) in [6.07, 6.45) is 3.58. The van der Waals surface area contributed by atoms with Gasteiger partial charge in [-0.3, -0.25) is 14.5 Å². The van der Waals surface area contributed by atoms with Gasteiger partial charge in [0.25, 0.3) is 11.5 Å². The predicted molar refractivity (Wildman–Crippen MR) is 68.9 cm³/mol. The van der Waals surface area contributed by atoms with Crippen LogP contribution < -0.4 is 10.5 Å². The number of anilines is 1. The fourth-order valence-corrected chi connectivity index (χ4v) is 1.87. The number of hydrogen-bond donors (Lipinski definition) is 1. The number of carbonyl (C=O) groups is 1. The van der Waals surface area contributed by atoms with Crippen LogP contribution in [0.4, 0.5) is 5.82 Å². The third-order valence-corrected chi connectivity index (χ3v) is 2.93. The number of rotatable bonds is 3. The van der Waals surface area contributed by atoms with Crippen LogP contribution in [0.3, 0.4) is 0 Å². The molecule has 0 spiro atoms. The van der Waals surface area contributed by atoms with Crippen molar-refractivity contribution < 1.29 is 4.79 Å². The van der Waals surface area contributed by atoms with Crippen LogP contribution in [0.5, 0.6) is 0 Å². The first-order chi connectivity index (χ1) is 9.25. The van der Waals surface area contributed by atoms with Gasteiger partial charge in [-0.05, 0) is 31.0 Å². The summed E-state index contributed by atoms with van der Waals surface area (Å²) >= 11 is 0. The fourth-order valence-electron chi connectivity index (χ4n) is 1.87. The Morgan fingerprint density at radius 2 is 2.11 bits per heavy atom. The van der Waals surface area contributed by atoms with Crippen LogP contribution in [0.25, 0.3) is 0 Å². The second-order valence-electron chi connectivity index (χ2n) is 4.40. The molecule has 3 rings (SSSR count). The second kappa shape index (κ2) is 4.64. The molecule has 2 aromatic rings. The van der Waals surface area contributed by atoms with Gasteiger partial charge in [0.05, 0.1) is 0 Å². The molecule has 0 radical (unpaired) electrons. The quantitative estimate of drug-likeness (QED) is 0.887. The normalized spacial score (nSPS) is 14.1. The largest absolute Gasteiger partial charge is 0.288 e. The molecule has 0 atom stereocenters. The highest BCUT2D eigenvalue weighted by Gasteiger charge is 2.35. The average molecular weight is 256 g/mol. The topological polar surface area (TPSA) is 79.0 Å². The van der Waals surface area contributed by atoms with E-state index in [0.717, 1.165) is 12.8 Å². The van der Waals surface area contributed by atoms with Gasteiger partial charge >= 0.3 is 0 Å². The monoisotopic (exact) mass is 256 g/mol. The lowest BCUT2D eigenvalue weighted by atomic mass is 10.3. The van der Waals surface area contributed by atoms with Gasteiger partial charge in [-0.1, -0.05) is 6.07 Å². The van der Waals surface area contributed by atoms with Crippen LogP contribution in [0, 0.1) is 0 Å². The molecule has 96 valence electrons. The Morgan fingerprint density at radius 1 is 1.26 bits per heavy atom. The van der Waals surface area contributed by atoms with Crippen LogP contribution in [-0.2, 0) is 0 Å². The number of amides is 1. The number of carbonyl (C=O) groups excluding carboxylic acids is 1. The summed E-state index contributed by atoms with van der Waals surface area (Å²) < 4.78 is 0.